The van der Waals surface area contributed by atoms with Gasteiger partial charge in [-0.2, -0.15) is 0 Å². The van der Waals surface area contributed by atoms with Crippen LogP contribution in [0.3, 0.4) is 0 Å². The molecule has 344 valence electrons. The molecule has 1 aromatic carbocycles. The number of nitrogens with one attached hydrogen (secondary N) is 2. The molecule has 1 spiro atoms. The van der Waals surface area contributed by atoms with Gasteiger partial charge in [0.1, 0.15) is 22.7 Å². The van der Waals surface area contributed by atoms with E-state index in [1.165, 1.54) is 5.57 Å². The number of amides is 1. The summed E-state index contributed by atoms with van der Waals surface area (Å²) in [5.74, 6) is -3.05. The van der Waals surface area contributed by atoms with Gasteiger partial charge in [-0.1, -0.05) is 42.2 Å². The highest BCUT2D eigenvalue weighted by atomic mass is 31.2. The summed E-state index contributed by atoms with van der Waals surface area (Å²) >= 11 is 0. The Balaban J connectivity index is 1.34. The molecule has 1 amide bonds. The Bertz CT molecular complexity index is 2210. The molecule has 9 rings (SSSR count). The van der Waals surface area contributed by atoms with Gasteiger partial charge in [0.05, 0.1) is 17.1 Å². The van der Waals surface area contributed by atoms with Gasteiger partial charge in [-0.3, -0.25) is 35.0 Å². The van der Waals surface area contributed by atoms with Crippen LogP contribution in [0.5, 0.6) is 17.2 Å². The van der Waals surface area contributed by atoms with E-state index in [9.17, 15) is 19.1 Å². The summed E-state index contributed by atoms with van der Waals surface area (Å²) < 4.78 is 40.3. The number of carbonyl (C=O) groups excluding carboxylic acids is 3. The molecule has 3 saturated carbocycles. The molecule has 3 aliphatic carbocycles. The molecule has 6 fully saturated rings. The molecule has 63 heavy (non-hydrogen) atoms. The predicted octanol–water partition coefficient (Wildman–Crippen LogP) is 7.49. The largest absolute Gasteiger partial charge is 0.524 e. The summed E-state index contributed by atoms with van der Waals surface area (Å²) in [5, 5.41) is 4.03. The number of piperidine rings is 2. The lowest BCUT2D eigenvalue weighted by Crippen LogP contribution is -2.82. The number of phosphoric acid groups is 1. The fraction of sp³-hybridized carbons (Fsp3) is 0.646. The van der Waals surface area contributed by atoms with E-state index in [1.807, 2.05) is 65.6 Å². The second kappa shape index (κ2) is 17.0. The van der Waals surface area contributed by atoms with E-state index in [0.717, 1.165) is 70.3 Å². The lowest BCUT2D eigenvalue weighted by atomic mass is 9.45. The van der Waals surface area contributed by atoms with Crippen LogP contribution in [0.1, 0.15) is 141 Å². The van der Waals surface area contributed by atoms with Crippen molar-refractivity contribution in [2.45, 2.75) is 154 Å². The Morgan fingerprint density at radius 1 is 0.905 bits per heavy atom. The first kappa shape index (κ1) is 45.9. The number of fused-ring (bicyclic) bond motifs is 2. The number of phosphoric ester groups is 1. The predicted molar refractivity (Wildman–Crippen MR) is 239 cm³/mol. The minimum absolute atomic E-state index is 0.0289. The molecule has 7 unspecified atom stereocenters. The van der Waals surface area contributed by atoms with Crippen molar-refractivity contribution in [2.24, 2.45) is 17.8 Å². The number of benzene rings is 1. The Kier molecular flexibility index (Phi) is 12.4. The van der Waals surface area contributed by atoms with Gasteiger partial charge in [0.2, 0.25) is 0 Å². The van der Waals surface area contributed by atoms with Crippen LogP contribution in [-0.4, -0.2) is 91.9 Å². The number of hydrogen-bond acceptors (Lipinski definition) is 11. The van der Waals surface area contributed by atoms with Gasteiger partial charge in [-0.05, 0) is 119 Å². The van der Waals surface area contributed by atoms with Gasteiger partial charge in [0.15, 0.2) is 28.5 Å². The van der Waals surface area contributed by atoms with Crippen LogP contribution >= 0.6 is 7.82 Å². The summed E-state index contributed by atoms with van der Waals surface area (Å²) in [5.41, 5.74) is 4.83. The first-order chi connectivity index (χ1) is 29.7. The zero-order valence-electron chi connectivity index (χ0n) is 38.3. The third-order valence-electron chi connectivity index (χ3n) is 14.6. The Morgan fingerprint density at radius 2 is 1.56 bits per heavy atom. The SMILES string of the molecule is CC(C)=CCCC1(C)C=Cc2c(c(CC=C(C)C)c3c(c2OP(=O)(O)O)C(=O)C2C(NN4CCCCC4)C4CC5C(C)(C)OC(CC=C(C)C(=O)NN6CCCCC6)(C4=O)C25O3)O1. The molecule has 14 nitrogen and oxygen atoms in total. The van der Waals surface area contributed by atoms with Crippen molar-refractivity contribution in [3.8, 4) is 17.2 Å². The summed E-state index contributed by atoms with van der Waals surface area (Å²) in [4.78, 5) is 66.5. The fourth-order valence-electron chi connectivity index (χ4n) is 11.6. The molecule has 0 aromatic heterocycles. The summed E-state index contributed by atoms with van der Waals surface area (Å²) in [6.45, 7) is 18.6. The minimum Gasteiger partial charge on any atom is -0.482 e. The van der Waals surface area contributed by atoms with E-state index in [-0.39, 0.29) is 47.2 Å². The maximum absolute atomic E-state index is 16.1. The number of allylic oxidation sites excluding steroid dienone is 4. The lowest BCUT2D eigenvalue weighted by Gasteiger charge is -2.63. The van der Waals surface area contributed by atoms with Crippen LogP contribution in [0.4, 0.5) is 0 Å². The van der Waals surface area contributed by atoms with E-state index in [0.29, 0.717) is 36.1 Å². The molecule has 8 aliphatic rings. The normalized spacial score (nSPS) is 32.2. The quantitative estimate of drug-likeness (QED) is 0.0872. The summed E-state index contributed by atoms with van der Waals surface area (Å²) in [6.07, 6.45) is 17.5. The standard InChI is InChI=1S/C48H67N4O10P/c1-29(2)16-15-21-46(8)22-20-33-40(59-46)32(18-17-30(3)4)41-36(42(33)61-63(56,57)58)39(53)37-38(49-51-24-11-9-12-25-51)34-28-35-45(6,7)62-47(43(34)54,48(35,37)60-41)23-19-31(5)44(55)50-52-26-13-10-14-27-52/h16-17,19-20,22,34-35,37-38,49H,9-15,18,21,23-28H2,1-8H3,(H,50,55)(H2,56,57,58). The highest BCUT2D eigenvalue weighted by molar-refractivity contribution is 7.46. The van der Waals surface area contributed by atoms with Gasteiger partial charge in [0.25, 0.3) is 5.91 Å². The molecule has 7 atom stereocenters. The molecule has 3 saturated heterocycles. The van der Waals surface area contributed by atoms with Crippen molar-refractivity contribution in [1.29, 1.82) is 0 Å². The van der Waals surface area contributed by atoms with Crippen molar-refractivity contribution >= 4 is 31.4 Å². The Labute approximate surface area is 372 Å². The number of ketones is 2. The molecule has 1 aromatic rings. The maximum atomic E-state index is 16.1. The molecular weight excluding hydrogens is 824 g/mol. The molecular formula is C48H67N4O10P. The Hall–Kier alpha value is -3.62. The first-order valence-corrected chi connectivity index (χ1v) is 24.6. The van der Waals surface area contributed by atoms with E-state index >= 15 is 9.59 Å². The van der Waals surface area contributed by atoms with E-state index in [1.54, 1.807) is 19.1 Å². The lowest BCUT2D eigenvalue weighted by molar-refractivity contribution is -0.208. The topological polar surface area (TPSA) is 176 Å². The van der Waals surface area contributed by atoms with Crippen LogP contribution in [-0.2, 0) is 25.3 Å². The van der Waals surface area contributed by atoms with Gasteiger partial charge in [0, 0.05) is 61.6 Å². The van der Waals surface area contributed by atoms with E-state index < -0.39 is 59.8 Å². The highest BCUT2D eigenvalue weighted by Gasteiger charge is 2.85. The number of rotatable bonds is 13. The number of nitrogens with zero attached hydrogens (tertiary/aromatic N) is 2. The highest BCUT2D eigenvalue weighted by Crippen LogP contribution is 2.71. The van der Waals surface area contributed by atoms with E-state index in [4.69, 9.17) is 18.7 Å². The van der Waals surface area contributed by atoms with Crippen LogP contribution in [0.25, 0.3) is 6.08 Å². The second-order valence-corrected chi connectivity index (χ2v) is 21.4. The second-order valence-electron chi connectivity index (χ2n) is 20.2. The van der Waals surface area contributed by atoms with Gasteiger partial charge >= 0.3 is 7.82 Å². The Morgan fingerprint density at radius 3 is 2.19 bits per heavy atom. The van der Waals surface area contributed by atoms with Gasteiger partial charge in [-0.15, -0.1) is 0 Å². The first-order valence-electron chi connectivity index (χ1n) is 23.0. The number of Topliss-reactive ketones (excluding diaryl/α,β-unsaturated/α-hetero) is 2. The average molecular weight is 891 g/mol. The van der Waals surface area contributed by atoms with Crippen molar-refractivity contribution in [3.05, 3.63) is 57.7 Å². The number of ether oxygens (including phenoxy) is 3. The van der Waals surface area contributed by atoms with Crippen LogP contribution in [0.15, 0.2) is 41.0 Å². The molecule has 5 heterocycles. The molecule has 0 radical (unpaired) electrons. The third kappa shape index (κ3) is 8.21. The van der Waals surface area contributed by atoms with Gasteiger partial charge in [-0.25, -0.2) is 14.6 Å². The average Bonchev–Trinajstić information content (AvgIpc) is 3.35. The summed E-state index contributed by atoms with van der Waals surface area (Å²) in [6, 6.07) is -0.726. The third-order valence-corrected chi connectivity index (χ3v) is 15.0. The maximum Gasteiger partial charge on any atom is 0.524 e. The van der Waals surface area contributed by atoms with Gasteiger partial charge < -0.3 is 18.7 Å². The van der Waals surface area contributed by atoms with Crippen molar-refractivity contribution in [1.82, 2.24) is 20.9 Å². The van der Waals surface area contributed by atoms with Crippen LogP contribution < -0.4 is 24.8 Å². The summed E-state index contributed by atoms with van der Waals surface area (Å²) in [7, 11) is -5.28. The minimum atomic E-state index is -5.28. The zero-order valence-corrected chi connectivity index (χ0v) is 39.2. The molecule has 5 aliphatic heterocycles. The zero-order chi connectivity index (χ0) is 45.3. The van der Waals surface area contributed by atoms with Crippen molar-refractivity contribution in [3.63, 3.8) is 0 Å². The number of hydrazine groups is 2. The van der Waals surface area contributed by atoms with Crippen molar-refractivity contribution < 1.29 is 47.5 Å². The smallest absolute Gasteiger partial charge is 0.482 e. The monoisotopic (exact) mass is 890 g/mol. The van der Waals surface area contributed by atoms with E-state index in [2.05, 4.69) is 21.9 Å². The fourth-order valence-corrected chi connectivity index (χ4v) is 12.1. The number of hydrogen-bond donors (Lipinski definition) is 4. The molecule has 4 N–H and O–H groups in total. The molecule has 15 heteroatoms. The van der Waals surface area contributed by atoms with Crippen molar-refractivity contribution in [2.75, 3.05) is 26.2 Å². The number of carbonyl (C=O) groups is 3. The molecule has 4 bridgehead atoms. The van der Waals surface area contributed by atoms with Crippen LogP contribution in [0.2, 0.25) is 0 Å². The van der Waals surface area contributed by atoms with Crippen LogP contribution in [0, 0.1) is 17.8 Å².